The smallest absolute Gasteiger partial charge is 0.235 e. The van der Waals surface area contributed by atoms with Crippen molar-refractivity contribution < 1.29 is 9.00 Å². The van der Waals surface area contributed by atoms with Gasteiger partial charge in [0.05, 0.1) is 21.5 Å². The summed E-state index contributed by atoms with van der Waals surface area (Å²) in [5, 5.41) is 0.801. The molecular weight excluding hydrogens is 307 g/mol. The molecule has 0 N–H and O–H groups in total. The van der Waals surface area contributed by atoms with Gasteiger partial charge in [-0.05, 0) is 19.9 Å². The molecule has 1 atom stereocenters. The van der Waals surface area contributed by atoms with Crippen molar-refractivity contribution in [3.63, 3.8) is 0 Å². The van der Waals surface area contributed by atoms with Crippen LogP contribution in [0.4, 0.5) is 0 Å². The van der Waals surface area contributed by atoms with Crippen molar-refractivity contribution in [1.82, 2.24) is 9.88 Å². The van der Waals surface area contributed by atoms with E-state index in [0.717, 1.165) is 0 Å². The Morgan fingerprint density at radius 1 is 1.37 bits per heavy atom. The van der Waals surface area contributed by atoms with Crippen LogP contribution in [-0.2, 0) is 21.3 Å². The van der Waals surface area contributed by atoms with E-state index in [0.29, 0.717) is 28.8 Å². The molecule has 0 saturated heterocycles. The first kappa shape index (κ1) is 16.4. The molecule has 0 aliphatic rings. The first-order valence-corrected chi connectivity index (χ1v) is 8.15. The summed E-state index contributed by atoms with van der Waals surface area (Å²) in [5.74, 6) is 0.0270. The van der Waals surface area contributed by atoms with Crippen molar-refractivity contribution in [3.05, 3.63) is 28.0 Å². The molecule has 19 heavy (non-hydrogen) atoms. The molecule has 1 unspecified atom stereocenters. The molecule has 0 radical (unpaired) electrons. The predicted octanol–water partition coefficient (Wildman–Crippen LogP) is 2.51. The van der Waals surface area contributed by atoms with Gasteiger partial charge in [-0.1, -0.05) is 23.2 Å². The van der Waals surface area contributed by atoms with Crippen LogP contribution in [0, 0.1) is 0 Å². The zero-order valence-electron chi connectivity index (χ0n) is 10.9. The van der Waals surface area contributed by atoms with Crippen LogP contribution in [0.15, 0.2) is 12.3 Å². The van der Waals surface area contributed by atoms with Crippen LogP contribution < -0.4 is 0 Å². The molecule has 0 bridgehead atoms. The van der Waals surface area contributed by atoms with E-state index >= 15 is 0 Å². The number of rotatable bonds is 6. The van der Waals surface area contributed by atoms with E-state index in [1.165, 1.54) is 6.20 Å². The van der Waals surface area contributed by atoms with E-state index < -0.39 is 10.8 Å². The lowest BCUT2D eigenvalue weighted by molar-refractivity contribution is -0.128. The SMILES string of the molecule is CCN(CC)C(=O)CS(=O)Cc1ncc(Cl)cc1Cl. The van der Waals surface area contributed by atoms with Crippen molar-refractivity contribution in [2.24, 2.45) is 0 Å². The van der Waals surface area contributed by atoms with Crippen molar-refractivity contribution in [2.75, 3.05) is 18.8 Å². The summed E-state index contributed by atoms with van der Waals surface area (Å²) in [5.41, 5.74) is 0.497. The molecule has 0 saturated carbocycles. The summed E-state index contributed by atoms with van der Waals surface area (Å²) in [4.78, 5) is 17.5. The highest BCUT2D eigenvalue weighted by molar-refractivity contribution is 7.84. The van der Waals surface area contributed by atoms with Crippen LogP contribution >= 0.6 is 23.2 Å². The molecule has 106 valence electrons. The van der Waals surface area contributed by atoms with Crippen LogP contribution in [0.1, 0.15) is 19.5 Å². The van der Waals surface area contributed by atoms with Crippen molar-refractivity contribution >= 4 is 39.9 Å². The number of carbonyl (C=O) groups excluding carboxylic acids is 1. The molecule has 1 aromatic heterocycles. The second-order valence-corrected chi connectivity index (χ2v) is 6.18. The maximum absolute atomic E-state index is 11.9. The van der Waals surface area contributed by atoms with Crippen molar-refractivity contribution in [1.29, 1.82) is 0 Å². The van der Waals surface area contributed by atoms with Gasteiger partial charge in [0.1, 0.15) is 5.75 Å². The monoisotopic (exact) mass is 322 g/mol. The first-order chi connectivity index (χ1) is 8.97. The van der Waals surface area contributed by atoms with Crippen LogP contribution in [0.2, 0.25) is 10.0 Å². The van der Waals surface area contributed by atoms with Gasteiger partial charge in [-0.25, -0.2) is 0 Å². The lowest BCUT2D eigenvalue weighted by Gasteiger charge is -2.18. The molecular formula is C12H16Cl2N2O2S. The molecule has 1 amide bonds. The number of pyridine rings is 1. The predicted molar refractivity (Wildman–Crippen MR) is 78.9 cm³/mol. The van der Waals surface area contributed by atoms with E-state index in [1.807, 2.05) is 13.8 Å². The first-order valence-electron chi connectivity index (χ1n) is 5.90. The number of nitrogens with zero attached hydrogens (tertiary/aromatic N) is 2. The minimum atomic E-state index is -1.32. The fourth-order valence-corrected chi connectivity index (χ4v) is 3.18. The summed E-state index contributed by atoms with van der Waals surface area (Å²) < 4.78 is 11.9. The fourth-order valence-electron chi connectivity index (χ4n) is 1.56. The lowest BCUT2D eigenvalue weighted by atomic mass is 10.4. The molecule has 4 nitrogen and oxygen atoms in total. The third kappa shape index (κ3) is 5.09. The lowest BCUT2D eigenvalue weighted by Crippen LogP contribution is -2.34. The Morgan fingerprint density at radius 3 is 2.53 bits per heavy atom. The van der Waals surface area contributed by atoms with Crippen molar-refractivity contribution in [3.8, 4) is 0 Å². The summed E-state index contributed by atoms with van der Waals surface area (Å²) >= 11 is 11.7. The highest BCUT2D eigenvalue weighted by Gasteiger charge is 2.15. The largest absolute Gasteiger partial charge is 0.342 e. The van der Waals surface area contributed by atoms with Crippen molar-refractivity contribution in [2.45, 2.75) is 19.6 Å². The second kappa shape index (κ2) is 7.82. The number of hydrogen-bond donors (Lipinski definition) is 0. The zero-order chi connectivity index (χ0) is 14.4. The van der Waals surface area contributed by atoms with E-state index in [-0.39, 0.29) is 17.4 Å². The Labute approximate surface area is 125 Å². The van der Waals surface area contributed by atoms with Crippen LogP contribution in [0.5, 0.6) is 0 Å². The summed E-state index contributed by atoms with van der Waals surface area (Å²) in [7, 11) is -1.32. The van der Waals surface area contributed by atoms with E-state index in [9.17, 15) is 9.00 Å². The maximum Gasteiger partial charge on any atom is 0.235 e. The second-order valence-electron chi connectivity index (χ2n) is 3.88. The van der Waals surface area contributed by atoms with E-state index in [4.69, 9.17) is 23.2 Å². The topological polar surface area (TPSA) is 50.3 Å². The van der Waals surface area contributed by atoms with Crippen LogP contribution in [0.3, 0.4) is 0 Å². The van der Waals surface area contributed by atoms with Gasteiger partial charge in [-0.2, -0.15) is 0 Å². The highest BCUT2D eigenvalue weighted by Crippen LogP contribution is 2.19. The van der Waals surface area contributed by atoms with Gasteiger partial charge in [-0.15, -0.1) is 0 Å². The molecule has 0 aliphatic heterocycles. The van der Waals surface area contributed by atoms with Gasteiger partial charge >= 0.3 is 0 Å². The zero-order valence-corrected chi connectivity index (χ0v) is 13.2. The quantitative estimate of drug-likeness (QED) is 0.808. The van der Waals surface area contributed by atoms with Gasteiger partial charge in [-0.3, -0.25) is 14.0 Å². The van der Waals surface area contributed by atoms with E-state index in [1.54, 1.807) is 11.0 Å². The van der Waals surface area contributed by atoms with Gasteiger partial charge < -0.3 is 4.90 Å². The molecule has 7 heteroatoms. The molecule has 0 aromatic carbocycles. The van der Waals surface area contributed by atoms with Crippen LogP contribution in [0.25, 0.3) is 0 Å². The molecule has 1 aromatic rings. The number of halogens is 2. The Morgan fingerprint density at radius 2 is 2.00 bits per heavy atom. The minimum absolute atomic E-state index is 0.0116. The number of hydrogen-bond acceptors (Lipinski definition) is 3. The molecule has 1 heterocycles. The van der Waals surface area contributed by atoms with Gasteiger partial charge in [0.2, 0.25) is 5.91 Å². The standard InChI is InChI=1S/C12H16Cl2N2O2S/c1-3-16(4-2)12(17)8-19(18)7-11-10(14)5-9(13)6-15-11/h5-6H,3-4,7-8H2,1-2H3. The minimum Gasteiger partial charge on any atom is -0.342 e. The van der Waals surface area contributed by atoms with Gasteiger partial charge in [0, 0.05) is 30.1 Å². The summed E-state index contributed by atoms with van der Waals surface area (Å²) in [6.07, 6.45) is 1.45. The molecule has 1 rings (SSSR count). The number of amides is 1. The average molecular weight is 323 g/mol. The molecule has 0 fully saturated rings. The highest BCUT2D eigenvalue weighted by atomic mass is 35.5. The molecule has 0 aliphatic carbocycles. The Kier molecular flexibility index (Phi) is 6.75. The average Bonchev–Trinajstić information content (AvgIpc) is 2.34. The van der Waals surface area contributed by atoms with Crippen LogP contribution in [-0.4, -0.2) is 38.8 Å². The summed E-state index contributed by atoms with van der Waals surface area (Å²) in [6, 6.07) is 1.55. The Bertz CT molecular complexity index is 479. The summed E-state index contributed by atoms with van der Waals surface area (Å²) in [6.45, 7) is 5.02. The number of aromatic nitrogens is 1. The molecule has 0 spiro atoms. The Balaban J connectivity index is 2.63. The van der Waals surface area contributed by atoms with Gasteiger partial charge in [0.25, 0.3) is 0 Å². The number of carbonyl (C=O) groups is 1. The van der Waals surface area contributed by atoms with E-state index in [2.05, 4.69) is 4.98 Å². The third-order valence-corrected chi connectivity index (χ3v) is 4.28. The fraction of sp³-hybridized carbons (Fsp3) is 0.500. The maximum atomic E-state index is 11.9. The van der Waals surface area contributed by atoms with Gasteiger partial charge in [0.15, 0.2) is 0 Å². The third-order valence-electron chi connectivity index (χ3n) is 2.58. The Hall–Kier alpha value is -0.650. The normalized spacial score (nSPS) is 12.2.